The summed E-state index contributed by atoms with van der Waals surface area (Å²) in [7, 11) is 0. The summed E-state index contributed by atoms with van der Waals surface area (Å²) in [5, 5.41) is 6.50. The summed E-state index contributed by atoms with van der Waals surface area (Å²) in [6, 6.07) is 6.84. The van der Waals surface area contributed by atoms with E-state index in [1.54, 1.807) is 24.3 Å². The van der Waals surface area contributed by atoms with Crippen LogP contribution in [0.5, 0.6) is 5.75 Å². The van der Waals surface area contributed by atoms with Crippen LogP contribution in [0.3, 0.4) is 0 Å². The van der Waals surface area contributed by atoms with Crippen molar-refractivity contribution in [2.24, 2.45) is 10.2 Å². The summed E-state index contributed by atoms with van der Waals surface area (Å²) in [5.74, 6) is -1.18. The Hall–Kier alpha value is -2.04. The molecule has 1 heterocycles. The number of carbonyl (C=O) groups is 2. The van der Waals surface area contributed by atoms with Gasteiger partial charge in [-0.15, -0.1) is 10.2 Å². The largest absolute Gasteiger partial charge is 0.491 e. The summed E-state index contributed by atoms with van der Waals surface area (Å²) < 4.78 is 5.47. The standard InChI is InChI=1S/C12H12N2O3/c1-7(2)17-9-5-3-8(4-6-9)10-11(15)13-14-12(10)16/h3-7,10H,1-2H3. The zero-order chi connectivity index (χ0) is 12.4. The van der Waals surface area contributed by atoms with Crippen molar-refractivity contribution in [3.63, 3.8) is 0 Å². The molecule has 0 unspecified atom stereocenters. The van der Waals surface area contributed by atoms with Crippen molar-refractivity contribution < 1.29 is 14.3 Å². The number of ether oxygens (including phenoxy) is 1. The molecule has 1 aromatic rings. The number of hydrogen-bond donors (Lipinski definition) is 0. The average Bonchev–Trinajstić information content (AvgIpc) is 2.59. The van der Waals surface area contributed by atoms with Gasteiger partial charge in [-0.3, -0.25) is 9.59 Å². The maximum Gasteiger partial charge on any atom is 0.281 e. The highest BCUT2D eigenvalue weighted by Crippen LogP contribution is 2.26. The van der Waals surface area contributed by atoms with Gasteiger partial charge in [-0.25, -0.2) is 0 Å². The number of carbonyl (C=O) groups excluding carboxylic acids is 2. The molecule has 0 fully saturated rings. The van der Waals surface area contributed by atoms with E-state index in [4.69, 9.17) is 4.74 Å². The first-order valence-corrected chi connectivity index (χ1v) is 5.34. The molecule has 0 saturated heterocycles. The monoisotopic (exact) mass is 232 g/mol. The van der Waals surface area contributed by atoms with Gasteiger partial charge in [-0.1, -0.05) is 12.1 Å². The highest BCUT2D eigenvalue weighted by molar-refractivity contribution is 6.09. The van der Waals surface area contributed by atoms with Crippen LogP contribution >= 0.6 is 0 Å². The van der Waals surface area contributed by atoms with E-state index < -0.39 is 17.7 Å². The van der Waals surface area contributed by atoms with E-state index in [-0.39, 0.29) is 6.10 Å². The van der Waals surface area contributed by atoms with Gasteiger partial charge in [0.05, 0.1) is 6.10 Å². The molecule has 0 saturated carbocycles. The third-order valence-corrected chi connectivity index (χ3v) is 2.33. The Morgan fingerprint density at radius 1 is 1.06 bits per heavy atom. The van der Waals surface area contributed by atoms with Crippen molar-refractivity contribution in [3.8, 4) is 5.75 Å². The maximum absolute atomic E-state index is 11.3. The quantitative estimate of drug-likeness (QED) is 0.749. The zero-order valence-electron chi connectivity index (χ0n) is 9.58. The third kappa shape index (κ3) is 2.38. The predicted octanol–water partition coefficient (Wildman–Crippen LogP) is 2.08. The lowest BCUT2D eigenvalue weighted by Gasteiger charge is -2.10. The minimum atomic E-state index is -0.872. The van der Waals surface area contributed by atoms with Crippen molar-refractivity contribution in [1.82, 2.24) is 0 Å². The molecule has 5 nitrogen and oxygen atoms in total. The first-order valence-electron chi connectivity index (χ1n) is 5.34. The number of hydrogen-bond acceptors (Lipinski definition) is 3. The zero-order valence-corrected chi connectivity index (χ0v) is 9.58. The summed E-state index contributed by atoms with van der Waals surface area (Å²) in [5.41, 5.74) is 0.598. The van der Waals surface area contributed by atoms with E-state index >= 15 is 0 Å². The predicted molar refractivity (Wildman–Crippen MR) is 59.8 cm³/mol. The second kappa shape index (κ2) is 4.45. The molecule has 88 valence electrons. The Balaban J connectivity index is 2.18. The molecule has 0 aliphatic carbocycles. The second-order valence-electron chi connectivity index (χ2n) is 4.05. The highest BCUT2D eigenvalue weighted by atomic mass is 16.5. The number of azo groups is 1. The Labute approximate surface area is 98.5 Å². The molecule has 0 spiro atoms. The van der Waals surface area contributed by atoms with Crippen molar-refractivity contribution in [1.29, 1.82) is 0 Å². The van der Waals surface area contributed by atoms with Gasteiger partial charge in [0.1, 0.15) is 11.7 Å². The van der Waals surface area contributed by atoms with E-state index in [2.05, 4.69) is 10.2 Å². The van der Waals surface area contributed by atoms with Gasteiger partial charge in [0.25, 0.3) is 11.8 Å². The SMILES string of the molecule is CC(C)Oc1ccc(C2C(=O)N=NC2=O)cc1. The van der Waals surface area contributed by atoms with Crippen LogP contribution in [0, 0.1) is 0 Å². The summed E-state index contributed by atoms with van der Waals surface area (Å²) in [6.45, 7) is 3.85. The molecule has 5 heteroatoms. The van der Waals surface area contributed by atoms with Crippen LogP contribution in [0.2, 0.25) is 0 Å². The summed E-state index contributed by atoms with van der Waals surface area (Å²) in [4.78, 5) is 22.7. The Kier molecular flexibility index (Phi) is 2.99. The first kappa shape index (κ1) is 11.4. The molecule has 0 bridgehead atoms. The lowest BCUT2D eigenvalue weighted by atomic mass is 9.99. The first-order chi connectivity index (χ1) is 8.08. The molecule has 2 rings (SSSR count). The fourth-order valence-electron chi connectivity index (χ4n) is 1.62. The maximum atomic E-state index is 11.3. The average molecular weight is 232 g/mol. The van der Waals surface area contributed by atoms with Gasteiger partial charge in [-0.05, 0) is 31.5 Å². The molecule has 1 aromatic carbocycles. The number of amides is 2. The van der Waals surface area contributed by atoms with Gasteiger partial charge in [0.15, 0.2) is 0 Å². The van der Waals surface area contributed by atoms with E-state index in [9.17, 15) is 9.59 Å². The van der Waals surface area contributed by atoms with Gasteiger partial charge >= 0.3 is 0 Å². The van der Waals surface area contributed by atoms with Crippen molar-refractivity contribution in [3.05, 3.63) is 29.8 Å². The number of benzene rings is 1. The minimum absolute atomic E-state index is 0.0839. The van der Waals surface area contributed by atoms with Gasteiger partial charge in [0, 0.05) is 0 Å². The van der Waals surface area contributed by atoms with E-state index in [0.717, 1.165) is 0 Å². The van der Waals surface area contributed by atoms with Crippen LogP contribution in [-0.4, -0.2) is 17.9 Å². The number of rotatable bonds is 3. The normalized spacial score (nSPS) is 15.9. The third-order valence-electron chi connectivity index (χ3n) is 2.33. The lowest BCUT2D eigenvalue weighted by Crippen LogP contribution is -2.13. The van der Waals surface area contributed by atoms with Crippen LogP contribution in [0.25, 0.3) is 0 Å². The highest BCUT2D eigenvalue weighted by Gasteiger charge is 2.33. The van der Waals surface area contributed by atoms with Crippen molar-refractivity contribution in [2.75, 3.05) is 0 Å². The minimum Gasteiger partial charge on any atom is -0.491 e. The summed E-state index contributed by atoms with van der Waals surface area (Å²) >= 11 is 0. The van der Waals surface area contributed by atoms with Crippen LogP contribution < -0.4 is 4.74 Å². The molecule has 2 amide bonds. The molecule has 0 N–H and O–H groups in total. The van der Waals surface area contributed by atoms with Crippen LogP contribution in [-0.2, 0) is 9.59 Å². The summed E-state index contributed by atoms with van der Waals surface area (Å²) in [6.07, 6.45) is 0.0839. The molecular weight excluding hydrogens is 220 g/mol. The Morgan fingerprint density at radius 3 is 2.06 bits per heavy atom. The smallest absolute Gasteiger partial charge is 0.281 e. The van der Waals surface area contributed by atoms with Crippen LogP contribution in [0.15, 0.2) is 34.5 Å². The topological polar surface area (TPSA) is 68.1 Å². The van der Waals surface area contributed by atoms with Crippen molar-refractivity contribution >= 4 is 11.8 Å². The van der Waals surface area contributed by atoms with Crippen LogP contribution in [0.1, 0.15) is 25.3 Å². The number of nitrogens with zero attached hydrogens (tertiary/aromatic N) is 2. The Bertz CT molecular complexity index is 459. The second-order valence-corrected chi connectivity index (χ2v) is 4.05. The van der Waals surface area contributed by atoms with Gasteiger partial charge in [0.2, 0.25) is 0 Å². The van der Waals surface area contributed by atoms with E-state index in [0.29, 0.717) is 11.3 Å². The molecule has 17 heavy (non-hydrogen) atoms. The van der Waals surface area contributed by atoms with Crippen molar-refractivity contribution in [2.45, 2.75) is 25.9 Å². The van der Waals surface area contributed by atoms with Crippen LogP contribution in [0.4, 0.5) is 0 Å². The molecular formula is C12H12N2O3. The van der Waals surface area contributed by atoms with E-state index in [1.807, 2.05) is 13.8 Å². The molecule has 1 aliphatic heterocycles. The molecule has 0 radical (unpaired) electrons. The van der Waals surface area contributed by atoms with Gasteiger partial charge < -0.3 is 4.74 Å². The fraction of sp³-hybridized carbons (Fsp3) is 0.333. The molecule has 1 aliphatic rings. The molecule has 0 aromatic heterocycles. The van der Waals surface area contributed by atoms with E-state index in [1.165, 1.54) is 0 Å². The van der Waals surface area contributed by atoms with Gasteiger partial charge in [-0.2, -0.15) is 0 Å². The lowest BCUT2D eigenvalue weighted by molar-refractivity contribution is -0.124. The fourth-order valence-corrected chi connectivity index (χ4v) is 1.62. The Morgan fingerprint density at radius 2 is 1.59 bits per heavy atom. The molecule has 0 atom stereocenters.